The first-order valence-electron chi connectivity index (χ1n) is 5.03. The third-order valence-electron chi connectivity index (χ3n) is 2.97. The van der Waals surface area contributed by atoms with Gasteiger partial charge in [0.05, 0.1) is 5.92 Å². The lowest BCUT2D eigenvalue weighted by Gasteiger charge is -2.26. The fraction of sp³-hybridized carbons (Fsp3) is 0.667. The van der Waals surface area contributed by atoms with Gasteiger partial charge >= 0.3 is 11.7 Å². The van der Waals surface area contributed by atoms with Gasteiger partial charge in [-0.1, -0.05) is 6.42 Å². The van der Waals surface area contributed by atoms with E-state index in [-0.39, 0.29) is 17.6 Å². The van der Waals surface area contributed by atoms with Gasteiger partial charge in [0.15, 0.2) is 0 Å². The number of aromatic amines is 1. The van der Waals surface area contributed by atoms with Crippen LogP contribution in [0.1, 0.15) is 31.7 Å². The Bertz CT molecular complexity index is 409. The predicted octanol–water partition coefficient (Wildman–Crippen LogP) is 0.387. The minimum Gasteiger partial charge on any atom is -0.481 e. The van der Waals surface area contributed by atoms with E-state index in [1.807, 2.05) is 0 Å². The second-order valence-corrected chi connectivity index (χ2v) is 3.92. The van der Waals surface area contributed by atoms with Crippen molar-refractivity contribution >= 4 is 5.97 Å². The molecule has 1 aromatic heterocycles. The number of aromatic nitrogens is 3. The molecule has 2 unspecified atom stereocenters. The number of nitrogens with one attached hydrogen (secondary N) is 1. The third-order valence-corrected chi connectivity index (χ3v) is 2.97. The fourth-order valence-corrected chi connectivity index (χ4v) is 2.16. The van der Waals surface area contributed by atoms with Crippen molar-refractivity contribution < 1.29 is 9.90 Å². The van der Waals surface area contributed by atoms with Crippen LogP contribution >= 0.6 is 0 Å². The summed E-state index contributed by atoms with van der Waals surface area (Å²) in [5, 5.41) is 14.9. The van der Waals surface area contributed by atoms with Crippen LogP contribution in [0.2, 0.25) is 0 Å². The van der Waals surface area contributed by atoms with Gasteiger partial charge < -0.3 is 5.11 Å². The van der Waals surface area contributed by atoms with Crippen LogP contribution in [-0.4, -0.2) is 25.8 Å². The molecule has 1 fully saturated rings. The highest BCUT2D eigenvalue weighted by molar-refractivity contribution is 5.70. The van der Waals surface area contributed by atoms with E-state index in [1.165, 1.54) is 10.9 Å². The summed E-state index contributed by atoms with van der Waals surface area (Å²) in [6, 6.07) is -0.0221. The molecule has 0 saturated heterocycles. The van der Waals surface area contributed by atoms with Gasteiger partial charge in [-0.3, -0.25) is 9.36 Å². The quantitative estimate of drug-likeness (QED) is 0.740. The van der Waals surface area contributed by atoms with Crippen molar-refractivity contribution in [3.63, 3.8) is 0 Å². The summed E-state index contributed by atoms with van der Waals surface area (Å²) in [5.74, 6) is -1.10. The Balaban J connectivity index is 2.14. The van der Waals surface area contributed by atoms with Crippen molar-refractivity contribution in [1.82, 2.24) is 14.8 Å². The summed E-state index contributed by atoms with van der Waals surface area (Å²) in [6.45, 7) is 0. The van der Waals surface area contributed by atoms with E-state index in [4.69, 9.17) is 5.11 Å². The molecule has 2 atom stereocenters. The van der Waals surface area contributed by atoms with Crippen molar-refractivity contribution in [2.45, 2.75) is 31.7 Å². The number of hydrogen-bond acceptors (Lipinski definition) is 3. The van der Waals surface area contributed by atoms with Gasteiger partial charge in [-0.05, 0) is 19.3 Å². The van der Waals surface area contributed by atoms with Crippen molar-refractivity contribution in [3.05, 3.63) is 16.8 Å². The Labute approximate surface area is 85.9 Å². The summed E-state index contributed by atoms with van der Waals surface area (Å²) in [7, 11) is 0. The van der Waals surface area contributed by atoms with Crippen molar-refractivity contribution in [3.8, 4) is 0 Å². The van der Waals surface area contributed by atoms with Gasteiger partial charge in [-0.15, -0.1) is 0 Å². The van der Waals surface area contributed by atoms with E-state index >= 15 is 0 Å². The van der Waals surface area contributed by atoms with E-state index in [0.717, 1.165) is 12.8 Å². The first-order valence-corrected chi connectivity index (χ1v) is 5.03. The molecule has 15 heavy (non-hydrogen) atoms. The Kier molecular flexibility index (Phi) is 2.57. The van der Waals surface area contributed by atoms with Gasteiger partial charge in [0.1, 0.15) is 6.33 Å². The van der Waals surface area contributed by atoms with Crippen molar-refractivity contribution in [2.75, 3.05) is 0 Å². The SMILES string of the molecule is O=C(O)C1CCCC(n2cn[nH]c2=O)C1. The molecule has 1 aromatic rings. The zero-order valence-corrected chi connectivity index (χ0v) is 8.22. The number of hydrogen-bond donors (Lipinski definition) is 2. The van der Waals surface area contributed by atoms with Crippen LogP contribution in [0.15, 0.2) is 11.1 Å². The van der Waals surface area contributed by atoms with Crippen LogP contribution in [0.3, 0.4) is 0 Å². The first-order chi connectivity index (χ1) is 7.18. The van der Waals surface area contributed by atoms with E-state index < -0.39 is 5.97 Å². The van der Waals surface area contributed by atoms with E-state index in [2.05, 4.69) is 10.2 Å². The Morgan fingerprint density at radius 2 is 2.40 bits per heavy atom. The van der Waals surface area contributed by atoms with Gasteiger partial charge in [0.2, 0.25) is 0 Å². The monoisotopic (exact) mass is 211 g/mol. The molecular formula is C9H13N3O3. The molecule has 0 radical (unpaired) electrons. The molecule has 82 valence electrons. The molecule has 1 aliphatic rings. The smallest absolute Gasteiger partial charge is 0.343 e. The average Bonchev–Trinajstić information content (AvgIpc) is 2.64. The van der Waals surface area contributed by atoms with Crippen LogP contribution in [0, 0.1) is 5.92 Å². The third kappa shape index (κ3) is 1.93. The number of aliphatic carboxylic acids is 1. The molecule has 1 heterocycles. The minimum atomic E-state index is -0.767. The zero-order valence-electron chi connectivity index (χ0n) is 8.22. The molecular weight excluding hydrogens is 198 g/mol. The minimum absolute atomic E-state index is 0.0221. The number of rotatable bonds is 2. The summed E-state index contributed by atoms with van der Waals surface area (Å²) in [4.78, 5) is 22.1. The van der Waals surface area contributed by atoms with Gasteiger partial charge in [-0.2, -0.15) is 5.10 Å². The van der Waals surface area contributed by atoms with Crippen molar-refractivity contribution in [1.29, 1.82) is 0 Å². The molecule has 1 aliphatic carbocycles. The fourth-order valence-electron chi connectivity index (χ4n) is 2.16. The maximum atomic E-state index is 11.3. The van der Waals surface area contributed by atoms with Gasteiger partial charge in [0, 0.05) is 6.04 Å². The molecule has 2 rings (SSSR count). The van der Waals surface area contributed by atoms with Crippen LogP contribution in [0.25, 0.3) is 0 Å². The topological polar surface area (TPSA) is 88.0 Å². The number of H-pyrrole nitrogens is 1. The van der Waals surface area contributed by atoms with E-state index in [0.29, 0.717) is 12.8 Å². The van der Waals surface area contributed by atoms with Crippen LogP contribution < -0.4 is 5.69 Å². The van der Waals surface area contributed by atoms with Crippen molar-refractivity contribution in [2.24, 2.45) is 5.92 Å². The van der Waals surface area contributed by atoms with Crippen LogP contribution in [-0.2, 0) is 4.79 Å². The summed E-state index contributed by atoms with van der Waals surface area (Å²) in [6.07, 6.45) is 4.37. The Morgan fingerprint density at radius 3 is 3.00 bits per heavy atom. The highest BCUT2D eigenvalue weighted by Gasteiger charge is 2.28. The summed E-state index contributed by atoms with van der Waals surface area (Å²) >= 11 is 0. The molecule has 6 heteroatoms. The maximum absolute atomic E-state index is 11.3. The lowest BCUT2D eigenvalue weighted by Crippen LogP contribution is -2.29. The number of carboxylic acid groups (broad SMARTS) is 1. The average molecular weight is 211 g/mol. The molecule has 1 saturated carbocycles. The summed E-state index contributed by atoms with van der Waals surface area (Å²) in [5.41, 5.74) is -0.258. The molecule has 2 N–H and O–H groups in total. The Hall–Kier alpha value is -1.59. The second-order valence-electron chi connectivity index (χ2n) is 3.92. The first kappa shape index (κ1) is 9.95. The number of nitrogens with zero attached hydrogens (tertiary/aromatic N) is 2. The maximum Gasteiger partial charge on any atom is 0.343 e. The molecule has 0 spiro atoms. The second kappa shape index (κ2) is 3.88. The molecule has 6 nitrogen and oxygen atoms in total. The number of carbonyl (C=O) groups is 1. The van der Waals surface area contributed by atoms with E-state index in [1.54, 1.807) is 0 Å². The molecule has 0 amide bonds. The van der Waals surface area contributed by atoms with Gasteiger partial charge in [-0.25, -0.2) is 9.89 Å². The van der Waals surface area contributed by atoms with E-state index in [9.17, 15) is 9.59 Å². The number of carboxylic acids is 1. The molecule has 0 bridgehead atoms. The van der Waals surface area contributed by atoms with Crippen LogP contribution in [0.5, 0.6) is 0 Å². The highest BCUT2D eigenvalue weighted by Crippen LogP contribution is 2.31. The lowest BCUT2D eigenvalue weighted by atomic mass is 9.86. The van der Waals surface area contributed by atoms with Gasteiger partial charge in [0.25, 0.3) is 0 Å². The largest absolute Gasteiger partial charge is 0.481 e. The zero-order chi connectivity index (χ0) is 10.8. The standard InChI is InChI=1S/C9H13N3O3/c13-8(14)6-2-1-3-7(4-6)12-5-10-11-9(12)15/h5-7H,1-4H2,(H,11,15)(H,13,14). The highest BCUT2D eigenvalue weighted by atomic mass is 16.4. The predicted molar refractivity (Wildman–Crippen MR) is 51.5 cm³/mol. The molecule has 0 aromatic carbocycles. The lowest BCUT2D eigenvalue weighted by molar-refractivity contribution is -0.143. The summed E-state index contributed by atoms with van der Waals surface area (Å²) < 4.78 is 1.50. The Morgan fingerprint density at radius 1 is 1.60 bits per heavy atom. The molecule has 0 aliphatic heterocycles. The normalized spacial score (nSPS) is 26.4. The van der Waals surface area contributed by atoms with Crippen LogP contribution in [0.4, 0.5) is 0 Å².